The fraction of sp³-hybridized carbons (Fsp3) is 0.600. The van der Waals surface area contributed by atoms with Gasteiger partial charge >= 0.3 is 0 Å². The van der Waals surface area contributed by atoms with Crippen LogP contribution in [-0.4, -0.2) is 34.7 Å². The van der Waals surface area contributed by atoms with Crippen LogP contribution >= 0.6 is 0 Å². The van der Waals surface area contributed by atoms with E-state index in [0.29, 0.717) is 5.92 Å². The molecule has 0 saturated carbocycles. The first-order valence-electron chi connectivity index (χ1n) is 7.07. The lowest BCUT2D eigenvalue weighted by Crippen LogP contribution is -2.37. The zero-order valence-corrected chi connectivity index (χ0v) is 11.5. The molecule has 1 aromatic rings. The first-order valence-corrected chi connectivity index (χ1v) is 7.07. The molecule has 106 valence electrons. The Morgan fingerprint density at radius 2 is 2.21 bits per heavy atom. The highest BCUT2D eigenvalue weighted by Crippen LogP contribution is 2.34. The second-order valence-corrected chi connectivity index (χ2v) is 5.50. The number of phenols is 2. The van der Waals surface area contributed by atoms with Crippen molar-refractivity contribution in [1.29, 1.82) is 0 Å². The average molecular weight is 264 g/mol. The van der Waals surface area contributed by atoms with E-state index in [2.05, 4.69) is 11.8 Å². The number of nitrogens with zero attached hydrogens (tertiary/aromatic N) is 1. The van der Waals surface area contributed by atoms with Gasteiger partial charge in [-0.15, -0.1) is 0 Å². The molecule has 4 N–H and O–H groups in total. The maximum atomic E-state index is 9.95. The monoisotopic (exact) mass is 264 g/mol. The van der Waals surface area contributed by atoms with Crippen LogP contribution in [0.15, 0.2) is 18.2 Å². The topological polar surface area (TPSA) is 69.7 Å². The van der Waals surface area contributed by atoms with Crippen molar-refractivity contribution >= 4 is 0 Å². The van der Waals surface area contributed by atoms with E-state index in [0.717, 1.165) is 31.6 Å². The second kappa shape index (κ2) is 6.26. The summed E-state index contributed by atoms with van der Waals surface area (Å²) >= 11 is 0. The number of hydrogen-bond donors (Lipinski definition) is 3. The largest absolute Gasteiger partial charge is 0.508 e. The van der Waals surface area contributed by atoms with Crippen LogP contribution in [0.5, 0.6) is 11.5 Å². The number of nitrogens with two attached hydrogens (primary N) is 1. The first kappa shape index (κ1) is 14.2. The molecule has 1 heterocycles. The molecule has 2 unspecified atom stereocenters. The third-order valence-corrected chi connectivity index (χ3v) is 4.13. The number of piperidine rings is 1. The highest BCUT2D eigenvalue weighted by molar-refractivity contribution is 5.40. The lowest BCUT2D eigenvalue weighted by atomic mass is 9.92. The van der Waals surface area contributed by atoms with Crippen LogP contribution in [0.1, 0.15) is 37.8 Å². The molecular weight excluding hydrogens is 240 g/mol. The average Bonchev–Trinajstić information content (AvgIpc) is 2.41. The van der Waals surface area contributed by atoms with Gasteiger partial charge in [0.2, 0.25) is 0 Å². The zero-order valence-electron chi connectivity index (χ0n) is 11.5. The van der Waals surface area contributed by atoms with Crippen molar-refractivity contribution in [3.05, 3.63) is 23.8 Å². The van der Waals surface area contributed by atoms with E-state index in [1.165, 1.54) is 18.9 Å². The Kier molecular flexibility index (Phi) is 4.66. The molecule has 0 bridgehead atoms. The third-order valence-electron chi connectivity index (χ3n) is 4.13. The molecule has 0 radical (unpaired) electrons. The van der Waals surface area contributed by atoms with Crippen LogP contribution < -0.4 is 5.73 Å². The van der Waals surface area contributed by atoms with Crippen LogP contribution in [0, 0.1) is 5.92 Å². The molecule has 4 nitrogen and oxygen atoms in total. The molecule has 0 spiro atoms. The fourth-order valence-corrected chi connectivity index (χ4v) is 2.99. The Balaban J connectivity index is 2.10. The third kappa shape index (κ3) is 3.39. The number of aromatic hydroxyl groups is 2. The van der Waals surface area contributed by atoms with E-state index >= 15 is 0 Å². The summed E-state index contributed by atoms with van der Waals surface area (Å²) in [6.45, 7) is 4.88. The van der Waals surface area contributed by atoms with E-state index in [9.17, 15) is 10.2 Å². The minimum Gasteiger partial charge on any atom is -0.508 e. The minimum atomic E-state index is 0.118. The molecule has 1 aliphatic heterocycles. The molecule has 0 aliphatic carbocycles. The number of hydrogen-bond acceptors (Lipinski definition) is 4. The summed E-state index contributed by atoms with van der Waals surface area (Å²) in [5.41, 5.74) is 6.44. The summed E-state index contributed by atoms with van der Waals surface area (Å²) in [6.07, 6.45) is 3.48. The summed E-state index contributed by atoms with van der Waals surface area (Å²) in [7, 11) is 0. The molecule has 0 aromatic heterocycles. The lowest BCUT2D eigenvalue weighted by molar-refractivity contribution is 0.126. The van der Waals surface area contributed by atoms with Gasteiger partial charge in [0.05, 0.1) is 0 Å². The highest BCUT2D eigenvalue weighted by atomic mass is 16.3. The molecule has 0 amide bonds. The van der Waals surface area contributed by atoms with Gasteiger partial charge in [-0.1, -0.05) is 0 Å². The normalized spacial score (nSPS) is 22.3. The summed E-state index contributed by atoms with van der Waals surface area (Å²) < 4.78 is 0. The van der Waals surface area contributed by atoms with Crippen LogP contribution in [-0.2, 0) is 0 Å². The number of likely N-dealkylation sites (tertiary alicyclic amines) is 1. The lowest BCUT2D eigenvalue weighted by Gasteiger charge is -2.37. The summed E-state index contributed by atoms with van der Waals surface area (Å²) in [4.78, 5) is 2.37. The van der Waals surface area contributed by atoms with Gasteiger partial charge in [0.25, 0.3) is 0 Å². The molecule has 2 rings (SSSR count). The van der Waals surface area contributed by atoms with Crippen molar-refractivity contribution in [2.45, 2.75) is 32.2 Å². The van der Waals surface area contributed by atoms with Crippen molar-refractivity contribution in [2.24, 2.45) is 11.7 Å². The summed E-state index contributed by atoms with van der Waals surface area (Å²) in [6, 6.07) is 4.85. The van der Waals surface area contributed by atoms with Gasteiger partial charge < -0.3 is 15.9 Å². The fourth-order valence-electron chi connectivity index (χ4n) is 2.99. The van der Waals surface area contributed by atoms with Gasteiger partial charge in [-0.2, -0.15) is 0 Å². The Morgan fingerprint density at radius 1 is 1.42 bits per heavy atom. The van der Waals surface area contributed by atoms with Gasteiger partial charge in [-0.25, -0.2) is 0 Å². The van der Waals surface area contributed by atoms with E-state index < -0.39 is 0 Å². The van der Waals surface area contributed by atoms with Crippen LogP contribution in [0.4, 0.5) is 0 Å². The molecule has 4 heteroatoms. The maximum Gasteiger partial charge on any atom is 0.120 e. The Hall–Kier alpha value is -1.26. The van der Waals surface area contributed by atoms with Gasteiger partial charge in [0, 0.05) is 18.2 Å². The molecule has 1 aromatic carbocycles. The smallest absolute Gasteiger partial charge is 0.120 e. The van der Waals surface area contributed by atoms with Crippen LogP contribution in [0.2, 0.25) is 0 Å². The van der Waals surface area contributed by atoms with E-state index in [1.54, 1.807) is 12.1 Å². The van der Waals surface area contributed by atoms with Gasteiger partial charge in [0.15, 0.2) is 0 Å². The number of benzene rings is 1. The maximum absolute atomic E-state index is 9.95. The second-order valence-electron chi connectivity index (χ2n) is 5.50. The quantitative estimate of drug-likeness (QED) is 0.729. The van der Waals surface area contributed by atoms with Gasteiger partial charge in [-0.3, -0.25) is 4.90 Å². The highest BCUT2D eigenvalue weighted by Gasteiger charge is 2.25. The molecule has 2 atom stereocenters. The van der Waals surface area contributed by atoms with Gasteiger partial charge in [0.1, 0.15) is 11.5 Å². The standard InChI is InChI=1S/C15H24N2O2/c1-11(14-9-13(18)4-5-15(14)19)17-8-2-3-12(10-17)6-7-16/h4-5,9,11-12,18-19H,2-3,6-8,10,16H2,1H3. The summed E-state index contributed by atoms with van der Waals surface area (Å²) in [5, 5.41) is 19.5. The molecule has 19 heavy (non-hydrogen) atoms. The van der Waals surface area contributed by atoms with Crippen molar-refractivity contribution in [2.75, 3.05) is 19.6 Å². The van der Waals surface area contributed by atoms with Crippen LogP contribution in [0.25, 0.3) is 0 Å². The molecular formula is C15H24N2O2. The SMILES string of the molecule is CC(c1cc(O)ccc1O)N1CCCC(CCN)C1. The van der Waals surface area contributed by atoms with Crippen LogP contribution in [0.3, 0.4) is 0 Å². The molecule has 1 fully saturated rings. The van der Waals surface area contributed by atoms with Crippen molar-refractivity contribution in [3.63, 3.8) is 0 Å². The number of rotatable bonds is 4. The minimum absolute atomic E-state index is 0.118. The predicted octanol–water partition coefficient (Wildman–Crippen LogP) is 2.22. The predicted molar refractivity (Wildman–Crippen MR) is 76.2 cm³/mol. The Bertz CT molecular complexity index is 421. The zero-order chi connectivity index (χ0) is 13.8. The number of phenolic OH excluding ortho intramolecular Hbond substituents is 2. The Morgan fingerprint density at radius 3 is 2.95 bits per heavy atom. The first-order chi connectivity index (χ1) is 9.11. The van der Waals surface area contributed by atoms with E-state index in [1.807, 2.05) is 0 Å². The van der Waals surface area contributed by atoms with Crippen molar-refractivity contribution < 1.29 is 10.2 Å². The molecule has 1 saturated heterocycles. The van der Waals surface area contributed by atoms with E-state index in [4.69, 9.17) is 5.73 Å². The molecule has 1 aliphatic rings. The van der Waals surface area contributed by atoms with E-state index in [-0.39, 0.29) is 17.5 Å². The summed E-state index contributed by atoms with van der Waals surface area (Å²) in [5.74, 6) is 1.11. The van der Waals surface area contributed by atoms with Crippen molar-refractivity contribution in [1.82, 2.24) is 4.90 Å². The Labute approximate surface area is 114 Å². The van der Waals surface area contributed by atoms with Gasteiger partial charge in [-0.05, 0) is 63.4 Å². The van der Waals surface area contributed by atoms with Crippen molar-refractivity contribution in [3.8, 4) is 11.5 Å².